The normalized spacial score (nSPS) is 18.9. The summed E-state index contributed by atoms with van der Waals surface area (Å²) in [6, 6.07) is 0. The van der Waals surface area contributed by atoms with Crippen LogP contribution in [0.3, 0.4) is 0 Å². The number of thiophene rings is 1. The maximum absolute atomic E-state index is 6.50. The largest absolute Gasteiger partial charge is 0.333 e. The number of halogens is 1. The Labute approximate surface area is 127 Å². The SMILES string of the molecule is Cc1csc(-c2nc(C3(N)CCCCCC3)no2)c1Cl. The predicted octanol–water partition coefficient (Wildman–Crippen LogP) is 4.27. The van der Waals surface area contributed by atoms with E-state index in [0.29, 0.717) is 16.7 Å². The molecular weight excluding hydrogens is 294 g/mol. The Balaban J connectivity index is 1.91. The van der Waals surface area contributed by atoms with Crippen molar-refractivity contribution in [3.63, 3.8) is 0 Å². The molecule has 0 amide bonds. The number of aryl methyl sites for hydroxylation is 1. The van der Waals surface area contributed by atoms with Gasteiger partial charge in [-0.2, -0.15) is 4.98 Å². The topological polar surface area (TPSA) is 64.9 Å². The van der Waals surface area contributed by atoms with Crippen molar-refractivity contribution in [2.45, 2.75) is 51.0 Å². The predicted molar refractivity (Wildman–Crippen MR) is 80.9 cm³/mol. The van der Waals surface area contributed by atoms with E-state index in [1.807, 2.05) is 12.3 Å². The fraction of sp³-hybridized carbons (Fsp3) is 0.571. The molecule has 1 aliphatic carbocycles. The molecule has 0 atom stereocenters. The maximum atomic E-state index is 6.50. The van der Waals surface area contributed by atoms with Gasteiger partial charge in [0.15, 0.2) is 5.82 Å². The highest BCUT2D eigenvalue weighted by molar-refractivity contribution is 7.14. The molecule has 1 saturated carbocycles. The lowest BCUT2D eigenvalue weighted by molar-refractivity contribution is 0.334. The Hall–Kier alpha value is -0.910. The lowest BCUT2D eigenvalue weighted by atomic mass is 9.91. The lowest BCUT2D eigenvalue weighted by Gasteiger charge is -2.23. The van der Waals surface area contributed by atoms with Crippen molar-refractivity contribution in [3.8, 4) is 10.8 Å². The first-order valence-electron chi connectivity index (χ1n) is 6.97. The van der Waals surface area contributed by atoms with E-state index in [2.05, 4.69) is 10.1 Å². The summed E-state index contributed by atoms with van der Waals surface area (Å²) in [7, 11) is 0. The fourth-order valence-electron chi connectivity index (χ4n) is 2.68. The van der Waals surface area contributed by atoms with Gasteiger partial charge in [0, 0.05) is 0 Å². The van der Waals surface area contributed by atoms with E-state index in [1.54, 1.807) is 0 Å². The van der Waals surface area contributed by atoms with Gasteiger partial charge in [0.2, 0.25) is 0 Å². The quantitative estimate of drug-likeness (QED) is 0.841. The monoisotopic (exact) mass is 311 g/mol. The van der Waals surface area contributed by atoms with Gasteiger partial charge < -0.3 is 10.3 Å². The molecule has 1 fully saturated rings. The molecule has 2 N–H and O–H groups in total. The molecule has 108 valence electrons. The highest BCUT2D eigenvalue weighted by Gasteiger charge is 2.33. The van der Waals surface area contributed by atoms with Crippen molar-refractivity contribution in [2.24, 2.45) is 5.73 Å². The average Bonchev–Trinajstić information content (AvgIpc) is 2.96. The Morgan fingerprint density at radius 3 is 2.60 bits per heavy atom. The second-order valence-electron chi connectivity index (χ2n) is 5.56. The van der Waals surface area contributed by atoms with Crippen LogP contribution in [0.2, 0.25) is 5.02 Å². The van der Waals surface area contributed by atoms with Crippen LogP contribution in [0, 0.1) is 6.92 Å². The van der Waals surface area contributed by atoms with Crippen molar-refractivity contribution >= 4 is 22.9 Å². The third-order valence-electron chi connectivity index (χ3n) is 3.96. The van der Waals surface area contributed by atoms with Gasteiger partial charge in [-0.3, -0.25) is 0 Å². The molecular formula is C14H18ClN3OS. The van der Waals surface area contributed by atoms with Crippen molar-refractivity contribution < 1.29 is 4.52 Å². The molecule has 2 aromatic heterocycles. The van der Waals surface area contributed by atoms with Gasteiger partial charge in [-0.05, 0) is 30.7 Å². The molecule has 1 aliphatic rings. The maximum Gasteiger partial charge on any atom is 0.269 e. The van der Waals surface area contributed by atoms with Crippen molar-refractivity contribution in [2.75, 3.05) is 0 Å². The molecule has 3 rings (SSSR count). The lowest BCUT2D eigenvalue weighted by Crippen LogP contribution is -2.37. The van der Waals surface area contributed by atoms with Crippen LogP contribution < -0.4 is 5.73 Å². The van der Waals surface area contributed by atoms with Crippen molar-refractivity contribution in [1.29, 1.82) is 0 Å². The molecule has 0 unspecified atom stereocenters. The van der Waals surface area contributed by atoms with Gasteiger partial charge in [-0.15, -0.1) is 11.3 Å². The van der Waals surface area contributed by atoms with E-state index in [-0.39, 0.29) is 0 Å². The molecule has 0 saturated heterocycles. The summed E-state index contributed by atoms with van der Waals surface area (Å²) in [5.41, 5.74) is 7.08. The minimum atomic E-state index is -0.447. The number of aromatic nitrogens is 2. The smallest absolute Gasteiger partial charge is 0.269 e. The van der Waals surface area contributed by atoms with Crippen LogP contribution in [-0.2, 0) is 5.54 Å². The minimum absolute atomic E-state index is 0.447. The molecule has 0 radical (unpaired) electrons. The van der Waals surface area contributed by atoms with E-state index in [0.717, 1.165) is 36.1 Å². The third kappa shape index (κ3) is 2.50. The zero-order valence-electron chi connectivity index (χ0n) is 11.5. The molecule has 0 aromatic carbocycles. The van der Waals surface area contributed by atoms with Gasteiger partial charge in [-0.25, -0.2) is 0 Å². The Bertz CT molecular complexity index is 599. The molecule has 4 nitrogen and oxygen atoms in total. The third-order valence-corrected chi connectivity index (χ3v) is 5.65. The second-order valence-corrected chi connectivity index (χ2v) is 6.81. The van der Waals surface area contributed by atoms with Crippen molar-refractivity contribution in [1.82, 2.24) is 10.1 Å². The summed E-state index contributed by atoms with van der Waals surface area (Å²) in [6.45, 7) is 1.97. The van der Waals surface area contributed by atoms with Crippen LogP contribution >= 0.6 is 22.9 Å². The Kier molecular flexibility index (Phi) is 3.84. The summed E-state index contributed by atoms with van der Waals surface area (Å²) in [6.07, 6.45) is 6.56. The first kappa shape index (κ1) is 14.0. The molecule has 20 heavy (non-hydrogen) atoms. The number of hydrogen-bond donors (Lipinski definition) is 1. The zero-order chi connectivity index (χ0) is 14.2. The molecule has 0 aliphatic heterocycles. The van der Waals surface area contributed by atoms with E-state index < -0.39 is 5.54 Å². The van der Waals surface area contributed by atoms with Crippen molar-refractivity contribution in [3.05, 3.63) is 21.8 Å². The number of rotatable bonds is 2. The molecule has 6 heteroatoms. The summed E-state index contributed by atoms with van der Waals surface area (Å²) >= 11 is 7.77. The second kappa shape index (κ2) is 5.47. The molecule has 2 aromatic rings. The number of nitrogens with zero attached hydrogens (tertiary/aromatic N) is 2. The summed E-state index contributed by atoms with van der Waals surface area (Å²) in [4.78, 5) is 5.35. The van der Waals surface area contributed by atoms with Crippen LogP contribution in [-0.4, -0.2) is 10.1 Å². The van der Waals surface area contributed by atoms with E-state index in [4.69, 9.17) is 21.9 Å². The zero-order valence-corrected chi connectivity index (χ0v) is 13.1. The van der Waals surface area contributed by atoms with Gasteiger partial charge in [-0.1, -0.05) is 42.4 Å². The highest BCUT2D eigenvalue weighted by Crippen LogP contribution is 2.37. The summed E-state index contributed by atoms with van der Waals surface area (Å²) in [5, 5.41) is 6.80. The molecule has 0 bridgehead atoms. The van der Waals surface area contributed by atoms with Gasteiger partial charge in [0.05, 0.1) is 10.6 Å². The molecule has 2 heterocycles. The summed E-state index contributed by atoms with van der Waals surface area (Å²) < 4.78 is 5.39. The average molecular weight is 312 g/mol. The first-order chi connectivity index (χ1) is 9.60. The van der Waals surface area contributed by atoms with E-state index in [1.165, 1.54) is 24.2 Å². The van der Waals surface area contributed by atoms with Gasteiger partial charge in [0.25, 0.3) is 5.89 Å². The van der Waals surface area contributed by atoms with E-state index >= 15 is 0 Å². The first-order valence-corrected chi connectivity index (χ1v) is 8.23. The fourth-order valence-corrected chi connectivity index (χ4v) is 3.87. The van der Waals surface area contributed by atoms with Gasteiger partial charge in [0.1, 0.15) is 4.88 Å². The van der Waals surface area contributed by atoms with Crippen LogP contribution in [0.15, 0.2) is 9.90 Å². The Morgan fingerprint density at radius 1 is 1.30 bits per heavy atom. The van der Waals surface area contributed by atoms with Crippen LogP contribution in [0.5, 0.6) is 0 Å². The number of nitrogens with two attached hydrogens (primary N) is 1. The van der Waals surface area contributed by atoms with Crippen LogP contribution in [0.25, 0.3) is 10.8 Å². The standard InChI is InChI=1S/C14H18ClN3OS/c1-9-8-20-11(10(9)15)12-17-13(18-19-12)14(16)6-4-2-3-5-7-14/h8H,2-7,16H2,1H3. The number of hydrogen-bond acceptors (Lipinski definition) is 5. The van der Waals surface area contributed by atoms with Crippen LogP contribution in [0.1, 0.15) is 49.9 Å². The van der Waals surface area contributed by atoms with E-state index in [9.17, 15) is 0 Å². The minimum Gasteiger partial charge on any atom is -0.333 e. The van der Waals surface area contributed by atoms with Crippen LogP contribution in [0.4, 0.5) is 0 Å². The summed E-state index contributed by atoms with van der Waals surface area (Å²) in [5.74, 6) is 1.11. The molecule has 0 spiro atoms. The van der Waals surface area contributed by atoms with Gasteiger partial charge >= 0.3 is 0 Å². The highest BCUT2D eigenvalue weighted by atomic mass is 35.5. The Morgan fingerprint density at radius 2 is 2.00 bits per heavy atom.